The molecule has 2 heterocycles. The van der Waals surface area contributed by atoms with Gasteiger partial charge < -0.3 is 4.40 Å². The number of aromatic nitrogens is 1. The molecule has 3 aromatic rings. The van der Waals surface area contributed by atoms with E-state index >= 15 is 0 Å². The summed E-state index contributed by atoms with van der Waals surface area (Å²) < 4.78 is 1.74. The number of rotatable bonds is 0. The molecule has 3 nitrogen and oxygen atoms in total. The average Bonchev–Trinajstić information content (AvgIpc) is 2.40. The highest BCUT2D eigenvalue weighted by atomic mass is 14.9. The van der Waals surface area contributed by atoms with E-state index in [4.69, 9.17) is 5.41 Å². The van der Waals surface area contributed by atoms with Gasteiger partial charge >= 0.3 is 0 Å². The van der Waals surface area contributed by atoms with E-state index in [9.17, 15) is 5.26 Å². The number of benzene rings is 1. The first-order valence-corrected chi connectivity index (χ1v) is 5.30. The van der Waals surface area contributed by atoms with Crippen molar-refractivity contribution in [1.82, 2.24) is 4.40 Å². The molecule has 0 bridgehead atoms. The van der Waals surface area contributed by atoms with Crippen molar-refractivity contribution in [2.75, 3.05) is 0 Å². The van der Waals surface area contributed by atoms with Crippen molar-refractivity contribution in [2.24, 2.45) is 0 Å². The molecule has 0 fully saturated rings. The Balaban J connectivity index is 2.75. The molecule has 0 amide bonds. The third-order valence-electron chi connectivity index (χ3n) is 2.92. The van der Waals surface area contributed by atoms with Crippen LogP contribution in [-0.2, 0) is 0 Å². The van der Waals surface area contributed by atoms with Gasteiger partial charge in [-0.15, -0.1) is 0 Å². The monoisotopic (exact) mass is 219 g/mol. The lowest BCUT2D eigenvalue weighted by Gasteiger charge is -2.07. The number of nitriles is 1. The van der Waals surface area contributed by atoms with E-state index < -0.39 is 0 Å². The smallest absolute Gasteiger partial charge is 0.137 e. The molecule has 1 aromatic carbocycles. The molecule has 0 saturated heterocycles. The molecule has 1 N–H and O–H groups in total. The van der Waals surface area contributed by atoms with Crippen LogP contribution in [0.1, 0.15) is 5.56 Å². The summed E-state index contributed by atoms with van der Waals surface area (Å²) in [7, 11) is 0. The quantitative estimate of drug-likeness (QED) is 0.580. The topological polar surface area (TPSA) is 52.0 Å². The molecule has 0 aliphatic heterocycles. The molecule has 0 saturated carbocycles. The molecule has 0 aliphatic carbocycles. The molecule has 0 atom stereocenters. The first kappa shape index (κ1) is 9.61. The summed E-state index contributed by atoms with van der Waals surface area (Å²) in [6.07, 6.45) is 1.81. The van der Waals surface area contributed by atoms with Gasteiger partial charge in [-0.1, -0.05) is 30.3 Å². The Kier molecular flexibility index (Phi) is 1.96. The molecule has 0 radical (unpaired) electrons. The van der Waals surface area contributed by atoms with Gasteiger partial charge in [-0.25, -0.2) is 0 Å². The van der Waals surface area contributed by atoms with Crippen LogP contribution in [0.25, 0.3) is 16.3 Å². The summed E-state index contributed by atoms with van der Waals surface area (Å²) in [6.45, 7) is 0. The lowest BCUT2D eigenvalue weighted by atomic mass is 10.1. The molecule has 0 unspecified atom stereocenters. The largest absolute Gasteiger partial charge is 0.300 e. The fraction of sp³-hybridized carbons (Fsp3) is 0. The molecule has 3 heteroatoms. The van der Waals surface area contributed by atoms with E-state index in [0.29, 0.717) is 11.1 Å². The molecule has 3 rings (SSSR count). The predicted octanol–water partition coefficient (Wildman–Crippen LogP) is 2.44. The van der Waals surface area contributed by atoms with E-state index in [1.54, 1.807) is 4.40 Å². The van der Waals surface area contributed by atoms with Gasteiger partial charge in [0.1, 0.15) is 11.6 Å². The van der Waals surface area contributed by atoms with Gasteiger partial charge in [0.15, 0.2) is 0 Å². The third-order valence-corrected chi connectivity index (χ3v) is 2.92. The number of hydrogen-bond donors (Lipinski definition) is 1. The van der Waals surface area contributed by atoms with Crippen molar-refractivity contribution in [2.45, 2.75) is 0 Å². The molecular formula is C14H9N3. The Morgan fingerprint density at radius 1 is 1.00 bits per heavy atom. The first-order chi connectivity index (χ1) is 8.33. The molecule has 2 aromatic heterocycles. The van der Waals surface area contributed by atoms with Crippen LogP contribution in [0.3, 0.4) is 0 Å². The normalized spacial score (nSPS) is 10.5. The fourth-order valence-corrected chi connectivity index (χ4v) is 2.13. The van der Waals surface area contributed by atoms with Crippen LogP contribution >= 0.6 is 0 Å². The molecule has 80 valence electrons. The van der Waals surface area contributed by atoms with Crippen LogP contribution in [0.2, 0.25) is 0 Å². The van der Waals surface area contributed by atoms with Crippen molar-refractivity contribution in [3.05, 3.63) is 59.7 Å². The summed E-state index contributed by atoms with van der Waals surface area (Å²) in [4.78, 5) is 0. The fourth-order valence-electron chi connectivity index (χ4n) is 2.13. The van der Waals surface area contributed by atoms with E-state index in [-0.39, 0.29) is 0 Å². The third kappa shape index (κ3) is 1.25. The van der Waals surface area contributed by atoms with Gasteiger partial charge in [-0.2, -0.15) is 5.26 Å². The number of nitrogens with zero attached hydrogens (tertiary/aromatic N) is 2. The van der Waals surface area contributed by atoms with Gasteiger partial charge in [-0.3, -0.25) is 5.41 Å². The van der Waals surface area contributed by atoms with Crippen molar-refractivity contribution >= 4 is 16.3 Å². The Morgan fingerprint density at radius 2 is 1.71 bits per heavy atom. The van der Waals surface area contributed by atoms with Crippen molar-refractivity contribution in [1.29, 1.82) is 10.7 Å². The van der Waals surface area contributed by atoms with Crippen molar-refractivity contribution < 1.29 is 0 Å². The number of fused-ring (bicyclic) bond motifs is 2. The van der Waals surface area contributed by atoms with E-state index in [0.717, 1.165) is 16.3 Å². The standard InChI is InChI=1S/C14H9N3/c15-9-12-10-5-1-2-6-11(10)14(16)17-8-4-3-7-13(12)17/h1-8,16H. The maximum Gasteiger partial charge on any atom is 0.137 e. The summed E-state index contributed by atoms with van der Waals surface area (Å²) in [6, 6.07) is 15.4. The molecule has 0 spiro atoms. The maximum atomic E-state index is 9.30. The Labute approximate surface area is 97.7 Å². The zero-order valence-corrected chi connectivity index (χ0v) is 9.01. The van der Waals surface area contributed by atoms with Crippen LogP contribution < -0.4 is 5.49 Å². The predicted molar refractivity (Wildman–Crippen MR) is 65.5 cm³/mol. The van der Waals surface area contributed by atoms with Crippen LogP contribution in [0.5, 0.6) is 0 Å². The minimum absolute atomic E-state index is 0.412. The van der Waals surface area contributed by atoms with Gasteiger partial charge in [0, 0.05) is 17.0 Å². The summed E-state index contributed by atoms with van der Waals surface area (Å²) in [5, 5.41) is 19.1. The minimum Gasteiger partial charge on any atom is -0.300 e. The van der Waals surface area contributed by atoms with Crippen LogP contribution in [0.15, 0.2) is 48.7 Å². The summed E-state index contributed by atoms with van der Waals surface area (Å²) in [5.74, 6) is 0. The second-order valence-electron chi connectivity index (χ2n) is 3.84. The highest BCUT2D eigenvalue weighted by Gasteiger charge is 2.07. The van der Waals surface area contributed by atoms with Crippen LogP contribution in [0, 0.1) is 16.7 Å². The zero-order valence-electron chi connectivity index (χ0n) is 9.01. The highest BCUT2D eigenvalue weighted by molar-refractivity contribution is 5.92. The Hall–Kier alpha value is -2.60. The van der Waals surface area contributed by atoms with E-state index in [1.807, 2.05) is 48.7 Å². The van der Waals surface area contributed by atoms with Crippen LogP contribution in [0.4, 0.5) is 0 Å². The molecular weight excluding hydrogens is 210 g/mol. The first-order valence-electron chi connectivity index (χ1n) is 5.30. The Bertz CT molecular complexity index is 762. The number of hydrogen-bond acceptors (Lipinski definition) is 2. The Morgan fingerprint density at radius 3 is 2.47 bits per heavy atom. The highest BCUT2D eigenvalue weighted by Crippen LogP contribution is 2.19. The maximum absolute atomic E-state index is 9.30. The average molecular weight is 219 g/mol. The van der Waals surface area contributed by atoms with Gasteiger partial charge in [0.25, 0.3) is 0 Å². The van der Waals surface area contributed by atoms with Gasteiger partial charge in [0.05, 0.1) is 11.1 Å². The zero-order chi connectivity index (χ0) is 11.8. The van der Waals surface area contributed by atoms with Crippen molar-refractivity contribution in [3.8, 4) is 6.07 Å². The molecule has 0 aliphatic rings. The minimum atomic E-state index is 0.412. The van der Waals surface area contributed by atoms with Crippen molar-refractivity contribution in [3.63, 3.8) is 0 Å². The summed E-state index contributed by atoms with van der Waals surface area (Å²) >= 11 is 0. The second-order valence-corrected chi connectivity index (χ2v) is 3.84. The van der Waals surface area contributed by atoms with Gasteiger partial charge in [-0.05, 0) is 12.1 Å². The molecule has 17 heavy (non-hydrogen) atoms. The van der Waals surface area contributed by atoms with E-state index in [2.05, 4.69) is 6.07 Å². The van der Waals surface area contributed by atoms with Crippen LogP contribution in [-0.4, -0.2) is 4.40 Å². The SMILES string of the molecule is N#Cc1c2ccccc2c(=N)n2ccccc12. The number of nitrogens with one attached hydrogen (secondary N) is 1. The summed E-state index contributed by atoms with van der Waals surface area (Å²) in [5.41, 5.74) is 1.81. The van der Waals surface area contributed by atoms with E-state index in [1.165, 1.54) is 0 Å². The second kappa shape index (κ2) is 3.46. The van der Waals surface area contributed by atoms with Gasteiger partial charge in [0.2, 0.25) is 0 Å². The lowest BCUT2D eigenvalue weighted by molar-refractivity contribution is 1.03. The lowest BCUT2D eigenvalue weighted by Crippen LogP contribution is -2.14. The number of pyridine rings is 2.